The SMILES string of the molecule is COC(=O)[C@H](C(C)C)N1C(=O)[C@@H]2Cc3c([nH]c4ccccc34)[C@@H](c3cc(OC)c(OC)c(OC)c3)N2C1=S. The summed E-state index contributed by atoms with van der Waals surface area (Å²) < 4.78 is 21.9. The molecule has 2 aromatic carbocycles. The van der Waals surface area contributed by atoms with E-state index in [0.717, 1.165) is 27.7 Å². The summed E-state index contributed by atoms with van der Waals surface area (Å²) in [5, 5.41) is 1.33. The number of carbonyl (C=O) groups excluding carboxylic acids is 2. The molecule has 1 aromatic heterocycles. The zero-order chi connectivity index (χ0) is 27.3. The summed E-state index contributed by atoms with van der Waals surface area (Å²) in [5.41, 5.74) is 3.74. The molecule has 1 amide bonds. The van der Waals surface area contributed by atoms with Gasteiger partial charge in [-0.25, -0.2) is 4.79 Å². The molecule has 9 nitrogen and oxygen atoms in total. The predicted molar refractivity (Wildman–Crippen MR) is 146 cm³/mol. The summed E-state index contributed by atoms with van der Waals surface area (Å²) >= 11 is 5.96. The summed E-state index contributed by atoms with van der Waals surface area (Å²) in [6, 6.07) is 9.87. The number of nitrogens with zero attached hydrogens (tertiary/aromatic N) is 2. The molecule has 1 saturated heterocycles. The van der Waals surface area contributed by atoms with Gasteiger partial charge in [0.15, 0.2) is 16.6 Å². The molecule has 0 spiro atoms. The maximum absolute atomic E-state index is 14.0. The molecule has 38 heavy (non-hydrogen) atoms. The van der Waals surface area contributed by atoms with E-state index in [1.807, 2.05) is 55.1 Å². The first kappa shape index (κ1) is 25.8. The molecule has 0 aliphatic carbocycles. The van der Waals surface area contributed by atoms with E-state index in [9.17, 15) is 9.59 Å². The Morgan fingerprint density at radius 3 is 2.29 bits per heavy atom. The van der Waals surface area contributed by atoms with Gasteiger partial charge in [-0.05, 0) is 47.5 Å². The largest absolute Gasteiger partial charge is 0.493 e. The van der Waals surface area contributed by atoms with Crippen LogP contribution in [0.5, 0.6) is 17.2 Å². The van der Waals surface area contributed by atoms with Gasteiger partial charge in [0, 0.05) is 23.0 Å². The lowest BCUT2D eigenvalue weighted by atomic mass is 9.88. The van der Waals surface area contributed by atoms with Gasteiger partial charge in [0.2, 0.25) is 5.75 Å². The lowest BCUT2D eigenvalue weighted by molar-refractivity contribution is -0.151. The standard InChI is InChI=1S/C28H31N3O6S/c1-14(2)23(27(33)37-6)31-26(32)19-13-17-16-9-7-8-10-18(16)29-22(17)24(30(19)28(31)38)15-11-20(34-3)25(36-5)21(12-15)35-4/h7-12,14,19,23-24,29H,13H2,1-6H3/t19-,23-,24+/m0/s1. The number of amides is 1. The summed E-state index contributed by atoms with van der Waals surface area (Å²) in [4.78, 5) is 33.8. The molecule has 10 heteroatoms. The van der Waals surface area contributed by atoms with Gasteiger partial charge in [0.1, 0.15) is 12.1 Å². The van der Waals surface area contributed by atoms with Gasteiger partial charge >= 0.3 is 5.97 Å². The van der Waals surface area contributed by atoms with Gasteiger partial charge in [-0.3, -0.25) is 9.69 Å². The van der Waals surface area contributed by atoms with Crippen molar-refractivity contribution in [3.8, 4) is 17.2 Å². The minimum atomic E-state index is -0.832. The van der Waals surface area contributed by atoms with E-state index in [1.54, 1.807) is 21.3 Å². The number of methoxy groups -OCH3 is 4. The maximum Gasteiger partial charge on any atom is 0.329 e. The molecule has 200 valence electrons. The average molecular weight is 538 g/mol. The van der Waals surface area contributed by atoms with Crippen LogP contribution >= 0.6 is 12.2 Å². The summed E-state index contributed by atoms with van der Waals surface area (Å²) in [6.45, 7) is 3.75. The van der Waals surface area contributed by atoms with Crippen molar-refractivity contribution in [2.75, 3.05) is 28.4 Å². The second-order valence-corrected chi connectivity index (χ2v) is 10.1. The van der Waals surface area contributed by atoms with Crippen LogP contribution in [0.2, 0.25) is 0 Å². The van der Waals surface area contributed by atoms with E-state index in [4.69, 9.17) is 31.2 Å². The Balaban J connectivity index is 1.74. The molecule has 5 rings (SSSR count). The quantitative estimate of drug-likeness (QED) is 0.359. The van der Waals surface area contributed by atoms with Crippen molar-refractivity contribution in [1.29, 1.82) is 0 Å². The van der Waals surface area contributed by atoms with Crippen LogP contribution in [0.15, 0.2) is 36.4 Å². The molecule has 3 aromatic rings. The predicted octanol–water partition coefficient (Wildman–Crippen LogP) is 3.83. The van der Waals surface area contributed by atoms with Gasteiger partial charge in [0.05, 0.1) is 34.5 Å². The van der Waals surface area contributed by atoms with E-state index < -0.39 is 24.1 Å². The minimum absolute atomic E-state index is 0.205. The first-order valence-corrected chi connectivity index (χ1v) is 12.8. The summed E-state index contributed by atoms with van der Waals surface area (Å²) in [6.07, 6.45) is 0.446. The number of carbonyl (C=O) groups is 2. The van der Waals surface area contributed by atoms with Crippen molar-refractivity contribution in [2.45, 2.75) is 38.4 Å². The molecule has 2 aliphatic heterocycles. The number of rotatable bonds is 7. The first-order chi connectivity index (χ1) is 18.3. The highest BCUT2D eigenvalue weighted by Crippen LogP contribution is 2.48. The number of H-pyrrole nitrogens is 1. The molecular formula is C28H31N3O6S. The summed E-state index contributed by atoms with van der Waals surface area (Å²) in [7, 11) is 6.00. The number of fused-ring (bicyclic) bond motifs is 4. The molecule has 0 saturated carbocycles. The fourth-order valence-corrected chi connectivity index (χ4v) is 6.19. The fourth-order valence-electron chi connectivity index (χ4n) is 5.75. The number of esters is 1. The van der Waals surface area contributed by atoms with Crippen LogP contribution in [-0.4, -0.2) is 72.3 Å². The van der Waals surface area contributed by atoms with E-state index in [2.05, 4.69) is 4.98 Å². The van der Waals surface area contributed by atoms with Crippen LogP contribution in [0.1, 0.15) is 36.7 Å². The molecule has 3 atom stereocenters. The third-order valence-electron chi connectivity index (χ3n) is 7.44. The Bertz CT molecular complexity index is 1410. The number of benzene rings is 2. The fraction of sp³-hybridized carbons (Fsp3) is 0.393. The number of nitrogens with one attached hydrogen (secondary N) is 1. The second kappa shape index (κ2) is 9.83. The topological polar surface area (TPSA) is 93.3 Å². The Labute approximate surface area is 226 Å². The monoisotopic (exact) mass is 537 g/mol. The number of ether oxygens (including phenoxy) is 4. The van der Waals surface area contributed by atoms with E-state index >= 15 is 0 Å². The Kier molecular flexibility index (Phi) is 6.68. The van der Waals surface area contributed by atoms with Crippen LogP contribution in [0.4, 0.5) is 0 Å². The highest BCUT2D eigenvalue weighted by molar-refractivity contribution is 7.80. The minimum Gasteiger partial charge on any atom is -0.493 e. The van der Waals surface area contributed by atoms with Gasteiger partial charge < -0.3 is 28.8 Å². The van der Waals surface area contributed by atoms with Crippen molar-refractivity contribution >= 4 is 40.1 Å². The second-order valence-electron chi connectivity index (χ2n) is 9.75. The molecule has 3 heterocycles. The van der Waals surface area contributed by atoms with Gasteiger partial charge in [-0.2, -0.15) is 0 Å². The Morgan fingerprint density at radius 2 is 1.71 bits per heavy atom. The van der Waals surface area contributed by atoms with Crippen LogP contribution in [0, 0.1) is 5.92 Å². The third-order valence-corrected chi connectivity index (χ3v) is 7.84. The lowest BCUT2D eigenvalue weighted by Gasteiger charge is -2.38. The number of para-hydroxylation sites is 1. The number of hydrogen-bond donors (Lipinski definition) is 1. The van der Waals surface area contributed by atoms with Crippen LogP contribution in [-0.2, 0) is 20.7 Å². The van der Waals surface area contributed by atoms with Crippen molar-refractivity contribution in [2.24, 2.45) is 5.92 Å². The molecule has 2 aliphatic rings. The van der Waals surface area contributed by atoms with Crippen LogP contribution in [0.3, 0.4) is 0 Å². The first-order valence-electron chi connectivity index (χ1n) is 12.4. The van der Waals surface area contributed by atoms with Crippen molar-refractivity contribution in [3.05, 3.63) is 53.2 Å². The summed E-state index contributed by atoms with van der Waals surface area (Å²) in [5.74, 6) is 0.532. The molecular weight excluding hydrogens is 506 g/mol. The highest BCUT2D eigenvalue weighted by Gasteiger charge is 2.54. The van der Waals surface area contributed by atoms with Crippen molar-refractivity contribution in [1.82, 2.24) is 14.8 Å². The van der Waals surface area contributed by atoms with E-state index in [0.29, 0.717) is 23.7 Å². The number of thiocarbonyl (C=S) groups is 1. The molecule has 0 bridgehead atoms. The smallest absolute Gasteiger partial charge is 0.329 e. The molecule has 1 fully saturated rings. The highest BCUT2D eigenvalue weighted by atomic mass is 32.1. The van der Waals surface area contributed by atoms with Gasteiger partial charge in [-0.15, -0.1) is 0 Å². The zero-order valence-electron chi connectivity index (χ0n) is 22.2. The number of hydrogen-bond acceptors (Lipinski definition) is 7. The zero-order valence-corrected chi connectivity index (χ0v) is 23.0. The Morgan fingerprint density at radius 1 is 1.05 bits per heavy atom. The molecule has 1 N–H and O–H groups in total. The number of aromatic amines is 1. The average Bonchev–Trinajstić information content (AvgIpc) is 3.41. The maximum atomic E-state index is 14.0. The Hall–Kier alpha value is -3.79. The number of aromatic nitrogens is 1. The van der Waals surface area contributed by atoms with Crippen LogP contribution < -0.4 is 14.2 Å². The normalized spacial score (nSPS) is 19.4. The third kappa shape index (κ3) is 3.77. The lowest BCUT2D eigenvalue weighted by Crippen LogP contribution is -2.49. The van der Waals surface area contributed by atoms with Crippen molar-refractivity contribution in [3.63, 3.8) is 0 Å². The van der Waals surface area contributed by atoms with Crippen LogP contribution in [0.25, 0.3) is 10.9 Å². The van der Waals surface area contributed by atoms with Gasteiger partial charge in [-0.1, -0.05) is 32.0 Å². The molecule has 0 radical (unpaired) electrons. The molecule has 0 unspecified atom stereocenters. The van der Waals surface area contributed by atoms with Gasteiger partial charge in [0.25, 0.3) is 5.91 Å². The van der Waals surface area contributed by atoms with E-state index in [-0.39, 0.29) is 16.9 Å². The van der Waals surface area contributed by atoms with E-state index in [1.165, 1.54) is 12.0 Å². The van der Waals surface area contributed by atoms with Crippen molar-refractivity contribution < 1.29 is 28.5 Å².